The van der Waals surface area contributed by atoms with Gasteiger partial charge in [0.1, 0.15) is 0 Å². The second-order valence-corrected chi connectivity index (χ2v) is 5.79. The van der Waals surface area contributed by atoms with E-state index in [1.54, 1.807) is 48.6 Å². The lowest BCUT2D eigenvalue weighted by Crippen LogP contribution is -1.94. The molecule has 0 N–H and O–H groups in total. The largest absolute Gasteiger partial charge is 0.289 e. The summed E-state index contributed by atoms with van der Waals surface area (Å²) in [6, 6.07) is 26.0. The Morgan fingerprint density at radius 2 is 0.923 bits per heavy atom. The summed E-state index contributed by atoms with van der Waals surface area (Å²) in [6.07, 6.45) is 6.67. The number of allylic oxidation sites excluding steroid dienone is 2. The molecule has 0 bridgehead atoms. The molecule has 0 amide bonds. The van der Waals surface area contributed by atoms with E-state index in [2.05, 4.69) is 0 Å². The lowest BCUT2D eigenvalue weighted by molar-refractivity contribution is 0.103. The van der Waals surface area contributed by atoms with Crippen molar-refractivity contribution in [1.82, 2.24) is 0 Å². The molecule has 0 unspecified atom stereocenters. The van der Waals surface area contributed by atoms with E-state index in [-0.39, 0.29) is 11.6 Å². The van der Waals surface area contributed by atoms with Crippen LogP contribution in [0.4, 0.5) is 0 Å². The third-order valence-electron chi connectivity index (χ3n) is 3.91. The van der Waals surface area contributed by atoms with Crippen molar-refractivity contribution in [3.05, 3.63) is 119 Å². The van der Waals surface area contributed by atoms with Crippen LogP contribution in [0, 0.1) is 0 Å². The quantitative estimate of drug-likeness (QED) is 0.440. The summed E-state index contributed by atoms with van der Waals surface area (Å²) in [4.78, 5) is 24.3. The van der Waals surface area contributed by atoms with Crippen molar-refractivity contribution in [2.75, 3.05) is 0 Å². The Kier molecular flexibility index (Phi) is 5.69. The standard InChI is InChI=1S/C24H18O2/c25-23(21-9-5-2-6-10-21)18-14-20-11-15-22(16-12-20)24(26)17-13-19-7-3-1-4-8-19/h1-18H/b17-13+,18-14+. The van der Waals surface area contributed by atoms with Crippen molar-refractivity contribution >= 4 is 23.7 Å². The van der Waals surface area contributed by atoms with Gasteiger partial charge in [-0.25, -0.2) is 0 Å². The maximum absolute atomic E-state index is 12.2. The van der Waals surface area contributed by atoms with Crippen molar-refractivity contribution in [3.8, 4) is 0 Å². The molecule has 0 aliphatic carbocycles. The number of carbonyl (C=O) groups is 2. The van der Waals surface area contributed by atoms with Gasteiger partial charge in [0.05, 0.1) is 0 Å². The molecule has 3 rings (SSSR count). The number of hydrogen-bond donors (Lipinski definition) is 0. The van der Waals surface area contributed by atoms with Crippen molar-refractivity contribution in [2.45, 2.75) is 0 Å². The summed E-state index contributed by atoms with van der Waals surface area (Å²) in [5, 5.41) is 0. The molecule has 126 valence electrons. The van der Waals surface area contributed by atoms with E-state index in [9.17, 15) is 9.59 Å². The molecule has 0 saturated heterocycles. The maximum Gasteiger partial charge on any atom is 0.185 e. The number of hydrogen-bond acceptors (Lipinski definition) is 2. The predicted octanol–water partition coefficient (Wildman–Crippen LogP) is 5.48. The molecule has 0 saturated carbocycles. The summed E-state index contributed by atoms with van der Waals surface area (Å²) in [7, 11) is 0. The molecule has 3 aromatic carbocycles. The second kappa shape index (κ2) is 8.54. The van der Waals surface area contributed by atoms with Crippen LogP contribution in [0.5, 0.6) is 0 Å². The van der Waals surface area contributed by atoms with Crippen molar-refractivity contribution in [1.29, 1.82) is 0 Å². The lowest BCUT2D eigenvalue weighted by atomic mass is 10.1. The van der Waals surface area contributed by atoms with E-state index in [0.717, 1.165) is 11.1 Å². The Hall–Kier alpha value is -3.52. The number of carbonyl (C=O) groups excluding carboxylic acids is 2. The van der Waals surface area contributed by atoms with Gasteiger partial charge in [0, 0.05) is 11.1 Å². The zero-order valence-corrected chi connectivity index (χ0v) is 14.2. The first kappa shape index (κ1) is 17.3. The molecule has 2 nitrogen and oxygen atoms in total. The molecular formula is C24H18O2. The number of benzene rings is 3. The first-order valence-corrected chi connectivity index (χ1v) is 8.37. The minimum Gasteiger partial charge on any atom is -0.289 e. The van der Waals surface area contributed by atoms with E-state index >= 15 is 0 Å². The topological polar surface area (TPSA) is 34.1 Å². The van der Waals surface area contributed by atoms with Gasteiger partial charge in [-0.1, -0.05) is 97.1 Å². The predicted molar refractivity (Wildman–Crippen MR) is 106 cm³/mol. The zero-order chi connectivity index (χ0) is 18.2. The summed E-state index contributed by atoms with van der Waals surface area (Å²) in [6.45, 7) is 0. The highest BCUT2D eigenvalue weighted by Gasteiger charge is 2.02. The highest BCUT2D eigenvalue weighted by atomic mass is 16.1. The van der Waals surface area contributed by atoms with Crippen molar-refractivity contribution < 1.29 is 9.59 Å². The van der Waals surface area contributed by atoms with Crippen LogP contribution in [-0.2, 0) is 0 Å². The molecule has 2 heteroatoms. The summed E-state index contributed by atoms with van der Waals surface area (Å²) < 4.78 is 0. The van der Waals surface area contributed by atoms with Gasteiger partial charge in [-0.05, 0) is 23.3 Å². The van der Waals surface area contributed by atoms with E-state index in [0.29, 0.717) is 11.1 Å². The smallest absolute Gasteiger partial charge is 0.185 e. The highest BCUT2D eigenvalue weighted by molar-refractivity contribution is 6.08. The minimum atomic E-state index is -0.0512. The van der Waals surface area contributed by atoms with Gasteiger partial charge in [0.15, 0.2) is 11.6 Å². The monoisotopic (exact) mass is 338 g/mol. The zero-order valence-electron chi connectivity index (χ0n) is 14.2. The van der Waals surface area contributed by atoms with Gasteiger partial charge < -0.3 is 0 Å². The summed E-state index contributed by atoms with van der Waals surface area (Å²) in [5.41, 5.74) is 3.13. The average Bonchev–Trinajstić information content (AvgIpc) is 2.72. The average molecular weight is 338 g/mol. The molecule has 0 heterocycles. The van der Waals surface area contributed by atoms with Crippen LogP contribution in [0.2, 0.25) is 0 Å². The summed E-state index contributed by atoms with van der Waals surface area (Å²) >= 11 is 0. The Bertz CT molecular complexity index is 935. The molecule has 0 fully saturated rings. The molecule has 0 aliphatic heterocycles. The van der Waals surface area contributed by atoms with Gasteiger partial charge in [0.2, 0.25) is 0 Å². The third kappa shape index (κ3) is 4.74. The Labute approximate surface area is 153 Å². The molecule has 0 spiro atoms. The summed E-state index contributed by atoms with van der Waals surface area (Å²) in [5.74, 6) is -0.0960. The molecule has 0 atom stereocenters. The van der Waals surface area contributed by atoms with Gasteiger partial charge in [-0.15, -0.1) is 0 Å². The fourth-order valence-electron chi connectivity index (χ4n) is 2.46. The van der Waals surface area contributed by atoms with Gasteiger partial charge in [0.25, 0.3) is 0 Å². The van der Waals surface area contributed by atoms with Gasteiger partial charge in [-0.3, -0.25) is 9.59 Å². The van der Waals surface area contributed by atoms with Crippen LogP contribution >= 0.6 is 0 Å². The first-order chi connectivity index (χ1) is 12.7. The van der Waals surface area contributed by atoms with Gasteiger partial charge >= 0.3 is 0 Å². The number of ketones is 2. The molecule has 0 aliphatic rings. The maximum atomic E-state index is 12.2. The Morgan fingerprint density at radius 3 is 1.46 bits per heavy atom. The van der Waals surface area contributed by atoms with Crippen LogP contribution in [0.1, 0.15) is 31.8 Å². The molecule has 0 radical (unpaired) electrons. The molecule has 3 aromatic rings. The van der Waals surface area contributed by atoms with E-state index in [1.807, 2.05) is 60.7 Å². The lowest BCUT2D eigenvalue weighted by Gasteiger charge is -1.98. The van der Waals surface area contributed by atoms with Gasteiger partial charge in [-0.2, -0.15) is 0 Å². The molecular weight excluding hydrogens is 320 g/mol. The molecule has 26 heavy (non-hydrogen) atoms. The fourth-order valence-corrected chi connectivity index (χ4v) is 2.46. The molecule has 0 aromatic heterocycles. The van der Waals surface area contributed by atoms with E-state index in [4.69, 9.17) is 0 Å². The highest BCUT2D eigenvalue weighted by Crippen LogP contribution is 2.10. The Balaban J connectivity index is 1.65. The van der Waals surface area contributed by atoms with Crippen LogP contribution in [0.15, 0.2) is 97.1 Å². The normalized spacial score (nSPS) is 11.1. The van der Waals surface area contributed by atoms with E-state index < -0.39 is 0 Å². The van der Waals surface area contributed by atoms with Crippen LogP contribution < -0.4 is 0 Å². The Morgan fingerprint density at radius 1 is 0.500 bits per heavy atom. The van der Waals surface area contributed by atoms with Crippen LogP contribution in [0.3, 0.4) is 0 Å². The van der Waals surface area contributed by atoms with Crippen LogP contribution in [0.25, 0.3) is 12.2 Å². The van der Waals surface area contributed by atoms with Crippen LogP contribution in [-0.4, -0.2) is 11.6 Å². The SMILES string of the molecule is O=C(/C=C/c1ccc(C(=O)/C=C/c2ccccc2)cc1)c1ccccc1. The second-order valence-electron chi connectivity index (χ2n) is 5.79. The minimum absolute atomic E-state index is 0.0449. The number of rotatable bonds is 6. The third-order valence-corrected chi connectivity index (χ3v) is 3.91. The first-order valence-electron chi connectivity index (χ1n) is 8.37. The van der Waals surface area contributed by atoms with E-state index in [1.165, 1.54) is 0 Å². The van der Waals surface area contributed by atoms with Crippen molar-refractivity contribution in [3.63, 3.8) is 0 Å². The fraction of sp³-hybridized carbons (Fsp3) is 0. The van der Waals surface area contributed by atoms with Crippen molar-refractivity contribution in [2.24, 2.45) is 0 Å².